The molecule has 3 nitrogen and oxygen atoms in total. The molecule has 0 aliphatic rings. The van der Waals surface area contributed by atoms with Gasteiger partial charge in [-0.05, 0) is 32.0 Å². The minimum atomic E-state index is -4.55. The van der Waals surface area contributed by atoms with Crippen molar-refractivity contribution in [3.63, 3.8) is 0 Å². The Hall–Kier alpha value is -1.24. The Morgan fingerprint density at radius 1 is 1.32 bits per heavy atom. The number of carboxylic acid groups (broad SMARTS) is 1. The van der Waals surface area contributed by atoms with Crippen LogP contribution in [0.1, 0.15) is 19.4 Å². The number of benzene rings is 1. The minimum absolute atomic E-state index is 0.178. The Labute approximate surface area is 117 Å². The maximum absolute atomic E-state index is 13.0. The summed E-state index contributed by atoms with van der Waals surface area (Å²) in [6.07, 6.45) is -4.55. The molecule has 0 aliphatic carbocycles. The fourth-order valence-corrected chi connectivity index (χ4v) is 1.83. The molecule has 0 saturated heterocycles. The molecule has 0 aliphatic heterocycles. The van der Waals surface area contributed by atoms with Crippen molar-refractivity contribution in [3.05, 3.63) is 28.2 Å². The molecule has 1 N–H and O–H groups in total. The van der Waals surface area contributed by atoms with Crippen LogP contribution in [-0.2, 0) is 11.0 Å². The molecule has 0 fully saturated rings. The van der Waals surface area contributed by atoms with E-state index in [1.165, 1.54) is 33.0 Å². The average molecular weight is 340 g/mol. The Morgan fingerprint density at radius 3 is 2.26 bits per heavy atom. The van der Waals surface area contributed by atoms with Crippen molar-refractivity contribution in [2.45, 2.75) is 25.6 Å². The van der Waals surface area contributed by atoms with Crippen LogP contribution in [0.3, 0.4) is 0 Å². The third-order valence-electron chi connectivity index (χ3n) is 2.99. The lowest BCUT2D eigenvalue weighted by Gasteiger charge is -2.35. The quantitative estimate of drug-likeness (QED) is 0.911. The predicted octanol–water partition coefficient (Wildman–Crippen LogP) is 3.77. The Kier molecular flexibility index (Phi) is 4.19. The van der Waals surface area contributed by atoms with Gasteiger partial charge in [-0.1, -0.05) is 15.9 Å². The molecule has 0 unspecified atom stereocenters. The molecule has 7 heteroatoms. The molecular weight excluding hydrogens is 327 g/mol. The van der Waals surface area contributed by atoms with E-state index in [-0.39, 0.29) is 10.2 Å². The number of halogens is 4. The normalized spacial score (nSPS) is 12.4. The molecule has 0 atom stereocenters. The fraction of sp³-hybridized carbons (Fsp3) is 0.417. The zero-order valence-electron chi connectivity index (χ0n) is 10.5. The lowest BCUT2D eigenvalue weighted by molar-refractivity contribution is -0.143. The topological polar surface area (TPSA) is 40.5 Å². The van der Waals surface area contributed by atoms with Crippen molar-refractivity contribution in [3.8, 4) is 0 Å². The van der Waals surface area contributed by atoms with Gasteiger partial charge < -0.3 is 10.0 Å². The summed E-state index contributed by atoms with van der Waals surface area (Å²) >= 11 is 2.98. The van der Waals surface area contributed by atoms with Gasteiger partial charge in [0.25, 0.3) is 0 Å². The molecule has 0 bridgehead atoms. The van der Waals surface area contributed by atoms with Gasteiger partial charge in [-0.3, -0.25) is 0 Å². The summed E-state index contributed by atoms with van der Waals surface area (Å²) in [7, 11) is 1.33. The first-order chi connectivity index (χ1) is 8.48. The number of carbonyl (C=O) groups is 1. The zero-order chi connectivity index (χ0) is 15.0. The Balaban J connectivity index is 3.40. The van der Waals surface area contributed by atoms with E-state index in [9.17, 15) is 18.0 Å². The molecule has 0 saturated carbocycles. The molecule has 0 aromatic heterocycles. The van der Waals surface area contributed by atoms with Crippen LogP contribution in [0.15, 0.2) is 22.7 Å². The SMILES string of the molecule is CN(c1ccc(Br)cc1C(F)(F)F)C(C)(C)C(=O)O. The van der Waals surface area contributed by atoms with Gasteiger partial charge >= 0.3 is 12.1 Å². The second kappa shape index (κ2) is 5.03. The summed E-state index contributed by atoms with van der Waals surface area (Å²) in [5, 5.41) is 9.09. The zero-order valence-corrected chi connectivity index (χ0v) is 12.1. The van der Waals surface area contributed by atoms with Crippen LogP contribution in [0.5, 0.6) is 0 Å². The van der Waals surface area contributed by atoms with E-state index in [0.29, 0.717) is 0 Å². The van der Waals surface area contributed by atoms with Crippen molar-refractivity contribution in [1.29, 1.82) is 0 Å². The van der Waals surface area contributed by atoms with Crippen LogP contribution in [0.2, 0.25) is 0 Å². The monoisotopic (exact) mass is 339 g/mol. The van der Waals surface area contributed by atoms with Gasteiger partial charge in [0.1, 0.15) is 5.54 Å². The summed E-state index contributed by atoms with van der Waals surface area (Å²) in [5.41, 5.74) is -2.50. The van der Waals surface area contributed by atoms with E-state index in [1.807, 2.05) is 0 Å². The maximum atomic E-state index is 13.0. The number of nitrogens with zero attached hydrogens (tertiary/aromatic N) is 1. The van der Waals surface area contributed by atoms with Crippen molar-refractivity contribution in [1.82, 2.24) is 0 Å². The molecule has 1 rings (SSSR count). The second-order valence-electron chi connectivity index (χ2n) is 4.58. The third-order valence-corrected chi connectivity index (χ3v) is 3.48. The highest BCUT2D eigenvalue weighted by molar-refractivity contribution is 9.10. The summed E-state index contributed by atoms with van der Waals surface area (Å²) in [4.78, 5) is 12.2. The minimum Gasteiger partial charge on any atom is -0.480 e. The van der Waals surface area contributed by atoms with Gasteiger partial charge in [0, 0.05) is 17.2 Å². The largest absolute Gasteiger partial charge is 0.480 e. The van der Waals surface area contributed by atoms with Crippen LogP contribution in [0.4, 0.5) is 18.9 Å². The molecule has 1 aromatic rings. The molecule has 0 spiro atoms. The van der Waals surface area contributed by atoms with Crippen LogP contribution in [0, 0.1) is 0 Å². The maximum Gasteiger partial charge on any atom is 0.418 e. The van der Waals surface area contributed by atoms with Gasteiger partial charge in [0.05, 0.1) is 5.56 Å². The average Bonchev–Trinajstić information content (AvgIpc) is 2.26. The highest BCUT2D eigenvalue weighted by atomic mass is 79.9. The van der Waals surface area contributed by atoms with Crippen molar-refractivity contribution in [2.75, 3.05) is 11.9 Å². The van der Waals surface area contributed by atoms with Crippen molar-refractivity contribution >= 4 is 27.6 Å². The summed E-state index contributed by atoms with van der Waals surface area (Å²) in [6.45, 7) is 2.69. The highest BCUT2D eigenvalue weighted by Gasteiger charge is 2.39. The van der Waals surface area contributed by atoms with Gasteiger partial charge in [0.15, 0.2) is 0 Å². The Morgan fingerprint density at radius 2 is 1.84 bits per heavy atom. The number of aliphatic carboxylic acids is 1. The van der Waals surface area contributed by atoms with E-state index in [0.717, 1.165) is 11.0 Å². The van der Waals surface area contributed by atoms with Gasteiger partial charge in [-0.15, -0.1) is 0 Å². The van der Waals surface area contributed by atoms with E-state index in [1.54, 1.807) is 0 Å². The van der Waals surface area contributed by atoms with E-state index < -0.39 is 23.2 Å². The van der Waals surface area contributed by atoms with Gasteiger partial charge in [-0.25, -0.2) is 4.79 Å². The second-order valence-corrected chi connectivity index (χ2v) is 5.50. The Bertz CT molecular complexity index is 500. The number of rotatable bonds is 3. The van der Waals surface area contributed by atoms with Crippen molar-refractivity contribution in [2.24, 2.45) is 0 Å². The van der Waals surface area contributed by atoms with Crippen LogP contribution < -0.4 is 4.90 Å². The number of likely N-dealkylation sites (N-methyl/N-ethyl adjacent to an activating group) is 1. The molecule has 1 aromatic carbocycles. The fourth-order valence-electron chi connectivity index (χ4n) is 1.47. The first-order valence-electron chi connectivity index (χ1n) is 5.32. The molecule has 0 radical (unpaired) electrons. The van der Waals surface area contributed by atoms with Crippen molar-refractivity contribution < 1.29 is 23.1 Å². The van der Waals surface area contributed by atoms with E-state index in [4.69, 9.17) is 5.11 Å². The molecule has 106 valence electrons. The molecule has 19 heavy (non-hydrogen) atoms. The number of anilines is 1. The molecule has 0 amide bonds. The summed E-state index contributed by atoms with van der Waals surface area (Å²) < 4.78 is 39.2. The number of alkyl halides is 3. The summed E-state index contributed by atoms with van der Waals surface area (Å²) in [6, 6.07) is 3.63. The third kappa shape index (κ3) is 3.20. The lowest BCUT2D eigenvalue weighted by Crippen LogP contribution is -2.48. The first kappa shape index (κ1) is 15.8. The lowest BCUT2D eigenvalue weighted by atomic mass is 10.0. The molecule has 0 heterocycles. The molecular formula is C12H13BrF3NO2. The summed E-state index contributed by atoms with van der Waals surface area (Å²) in [5.74, 6) is -1.20. The standard InChI is InChI=1S/C12H13BrF3NO2/c1-11(2,10(18)19)17(3)9-5-4-7(13)6-8(9)12(14,15)16/h4-6H,1-3H3,(H,18,19). The van der Waals surface area contributed by atoms with Gasteiger partial charge in [0.2, 0.25) is 0 Å². The van der Waals surface area contributed by atoms with Crippen LogP contribution in [-0.4, -0.2) is 23.7 Å². The predicted molar refractivity (Wildman–Crippen MR) is 69.3 cm³/mol. The smallest absolute Gasteiger partial charge is 0.418 e. The first-order valence-corrected chi connectivity index (χ1v) is 6.11. The number of hydrogen-bond acceptors (Lipinski definition) is 2. The van der Waals surface area contributed by atoms with E-state index in [2.05, 4.69) is 15.9 Å². The van der Waals surface area contributed by atoms with Crippen LogP contribution >= 0.6 is 15.9 Å². The van der Waals surface area contributed by atoms with E-state index >= 15 is 0 Å². The number of hydrogen-bond donors (Lipinski definition) is 1. The number of carboxylic acids is 1. The van der Waals surface area contributed by atoms with Gasteiger partial charge in [-0.2, -0.15) is 13.2 Å². The van der Waals surface area contributed by atoms with Crippen LogP contribution in [0.25, 0.3) is 0 Å². The highest BCUT2D eigenvalue weighted by Crippen LogP contribution is 2.39.